The van der Waals surface area contributed by atoms with E-state index < -0.39 is 23.8 Å². The highest BCUT2D eigenvalue weighted by Crippen LogP contribution is 2.28. The van der Waals surface area contributed by atoms with Gasteiger partial charge in [0.1, 0.15) is 0 Å². The molecule has 0 saturated carbocycles. The van der Waals surface area contributed by atoms with Gasteiger partial charge in [0, 0.05) is 25.0 Å². The third kappa shape index (κ3) is 4.39. The Kier molecular flexibility index (Phi) is 5.06. The molecule has 0 bridgehead atoms. The zero-order valence-electron chi connectivity index (χ0n) is 14.1. The summed E-state index contributed by atoms with van der Waals surface area (Å²) in [6, 6.07) is 6.75. The number of carbonyl (C=O) groups is 2. The number of hydrogen-bond donors (Lipinski definition) is 2. The molecule has 1 saturated heterocycles. The van der Waals surface area contributed by atoms with Crippen molar-refractivity contribution in [1.29, 1.82) is 0 Å². The highest BCUT2D eigenvalue weighted by Gasteiger charge is 2.33. The molecule has 2 heterocycles. The Bertz CT molecular complexity index is 825. The van der Waals surface area contributed by atoms with E-state index in [2.05, 4.69) is 10.4 Å². The number of anilines is 1. The summed E-state index contributed by atoms with van der Waals surface area (Å²) in [6.07, 6.45) is -2.48. The lowest BCUT2D eigenvalue weighted by atomic mass is 9.97. The molecule has 1 aliphatic heterocycles. The van der Waals surface area contributed by atoms with Crippen molar-refractivity contribution in [2.45, 2.75) is 19.0 Å². The number of likely N-dealkylation sites (tertiary alicyclic amines) is 1. The zero-order valence-corrected chi connectivity index (χ0v) is 14.1. The molecule has 0 radical (unpaired) electrons. The predicted molar refractivity (Wildman–Crippen MR) is 89.5 cm³/mol. The first-order chi connectivity index (χ1) is 12.7. The molecule has 2 amide bonds. The molecule has 2 N–H and O–H groups in total. The molecule has 0 spiro atoms. The molecule has 144 valence electrons. The number of nitrogens with zero attached hydrogens (tertiary/aromatic N) is 3. The standard InChI is InChI=1S/C17H17F3N4O3/c18-17(19,20)14-7-10-24(22-14)13-3-1-12(2-4-13)21-16(27)23-8-5-11(6-9-23)15(25)26/h1-4,7,10-11H,5-6,8-9H2,(H,21,27)(H,25,26). The van der Waals surface area contributed by atoms with Gasteiger partial charge in [-0.05, 0) is 43.2 Å². The number of alkyl halides is 3. The van der Waals surface area contributed by atoms with Crippen LogP contribution in [-0.2, 0) is 11.0 Å². The van der Waals surface area contributed by atoms with Crippen LogP contribution in [0.4, 0.5) is 23.7 Å². The molecule has 0 aliphatic carbocycles. The van der Waals surface area contributed by atoms with Crippen molar-refractivity contribution in [2.75, 3.05) is 18.4 Å². The van der Waals surface area contributed by atoms with Crippen LogP contribution >= 0.6 is 0 Å². The lowest BCUT2D eigenvalue weighted by molar-refractivity contribution is -0.143. The summed E-state index contributed by atoms with van der Waals surface area (Å²) in [4.78, 5) is 24.7. The average Bonchev–Trinajstić information content (AvgIpc) is 3.13. The number of halogens is 3. The smallest absolute Gasteiger partial charge is 0.435 e. The number of aliphatic carboxylic acids is 1. The molecule has 27 heavy (non-hydrogen) atoms. The van der Waals surface area contributed by atoms with Crippen LogP contribution in [0.5, 0.6) is 0 Å². The van der Waals surface area contributed by atoms with Gasteiger partial charge in [-0.1, -0.05) is 0 Å². The molecule has 1 aromatic heterocycles. The van der Waals surface area contributed by atoms with Gasteiger partial charge in [0.25, 0.3) is 0 Å². The molecule has 7 nitrogen and oxygen atoms in total. The summed E-state index contributed by atoms with van der Waals surface area (Å²) in [5.41, 5.74) is -0.0808. The van der Waals surface area contributed by atoms with Gasteiger partial charge < -0.3 is 15.3 Å². The molecule has 1 fully saturated rings. The summed E-state index contributed by atoms with van der Waals surface area (Å²) in [5.74, 6) is -1.28. The predicted octanol–water partition coefficient (Wildman–Crippen LogP) is 3.22. The molecular formula is C17H17F3N4O3. The highest BCUT2D eigenvalue weighted by molar-refractivity contribution is 5.89. The van der Waals surface area contributed by atoms with Gasteiger partial charge in [-0.15, -0.1) is 0 Å². The van der Waals surface area contributed by atoms with Crippen LogP contribution in [0.3, 0.4) is 0 Å². The van der Waals surface area contributed by atoms with Crippen molar-refractivity contribution in [1.82, 2.24) is 14.7 Å². The Hall–Kier alpha value is -3.04. The molecule has 3 rings (SSSR count). The maximum absolute atomic E-state index is 12.6. The van der Waals surface area contributed by atoms with Crippen LogP contribution in [0.2, 0.25) is 0 Å². The molecular weight excluding hydrogens is 365 g/mol. The fourth-order valence-corrected chi connectivity index (χ4v) is 2.85. The number of nitrogens with one attached hydrogen (secondary N) is 1. The number of carboxylic acids is 1. The average molecular weight is 382 g/mol. The normalized spacial score (nSPS) is 15.6. The van der Waals surface area contributed by atoms with E-state index in [-0.39, 0.29) is 6.03 Å². The SMILES string of the molecule is O=C(O)C1CCN(C(=O)Nc2ccc(-n3ccc(C(F)(F)F)n3)cc2)CC1. The Morgan fingerprint density at radius 2 is 1.74 bits per heavy atom. The number of aromatic nitrogens is 2. The first-order valence-electron chi connectivity index (χ1n) is 8.26. The van der Waals surface area contributed by atoms with E-state index in [4.69, 9.17) is 5.11 Å². The second-order valence-corrected chi connectivity index (χ2v) is 6.22. The van der Waals surface area contributed by atoms with Crippen LogP contribution in [-0.4, -0.2) is 44.9 Å². The number of carbonyl (C=O) groups excluding carboxylic acids is 1. The maximum atomic E-state index is 12.6. The van der Waals surface area contributed by atoms with Crippen LogP contribution < -0.4 is 5.32 Å². The Morgan fingerprint density at radius 3 is 2.26 bits per heavy atom. The van der Waals surface area contributed by atoms with Gasteiger partial charge in [0.05, 0.1) is 11.6 Å². The van der Waals surface area contributed by atoms with Crippen LogP contribution in [0, 0.1) is 5.92 Å². The van der Waals surface area contributed by atoms with Crippen LogP contribution in [0.1, 0.15) is 18.5 Å². The monoisotopic (exact) mass is 382 g/mol. The summed E-state index contributed by atoms with van der Waals surface area (Å²) < 4.78 is 38.9. The van der Waals surface area contributed by atoms with E-state index in [9.17, 15) is 22.8 Å². The van der Waals surface area contributed by atoms with Crippen molar-refractivity contribution in [2.24, 2.45) is 5.92 Å². The van der Waals surface area contributed by atoms with Gasteiger partial charge in [-0.2, -0.15) is 18.3 Å². The minimum absolute atomic E-state index is 0.343. The molecule has 0 atom stereocenters. The first kappa shape index (κ1) is 18.7. The van der Waals surface area contributed by atoms with Crippen molar-refractivity contribution < 1.29 is 27.9 Å². The Morgan fingerprint density at radius 1 is 1.11 bits per heavy atom. The summed E-state index contributed by atoms with van der Waals surface area (Å²) in [6.45, 7) is 0.711. The number of benzene rings is 1. The Labute approximate surface area is 152 Å². The second-order valence-electron chi connectivity index (χ2n) is 6.22. The third-order valence-corrected chi connectivity index (χ3v) is 4.39. The topological polar surface area (TPSA) is 87.5 Å². The molecule has 10 heteroatoms. The van der Waals surface area contributed by atoms with Gasteiger partial charge in [-0.25, -0.2) is 9.48 Å². The summed E-state index contributed by atoms with van der Waals surface area (Å²) in [7, 11) is 0. The van der Waals surface area contributed by atoms with Crippen molar-refractivity contribution >= 4 is 17.7 Å². The number of urea groups is 1. The lowest BCUT2D eigenvalue weighted by Crippen LogP contribution is -2.42. The molecule has 0 unspecified atom stereocenters. The largest absolute Gasteiger partial charge is 0.481 e. The maximum Gasteiger partial charge on any atom is 0.435 e. The van der Waals surface area contributed by atoms with Crippen molar-refractivity contribution in [3.63, 3.8) is 0 Å². The molecule has 2 aromatic rings. The van der Waals surface area contributed by atoms with Crippen LogP contribution in [0.25, 0.3) is 5.69 Å². The van der Waals surface area contributed by atoms with Gasteiger partial charge in [0.2, 0.25) is 0 Å². The number of piperidine rings is 1. The van der Waals surface area contributed by atoms with Gasteiger partial charge in [0.15, 0.2) is 5.69 Å². The van der Waals surface area contributed by atoms with E-state index in [0.29, 0.717) is 37.3 Å². The summed E-state index contributed by atoms with van der Waals surface area (Å²) in [5, 5.41) is 15.2. The van der Waals surface area contributed by atoms with Crippen molar-refractivity contribution in [3.05, 3.63) is 42.2 Å². The minimum Gasteiger partial charge on any atom is -0.481 e. The second kappa shape index (κ2) is 7.29. The van der Waals surface area contributed by atoms with E-state index in [1.165, 1.54) is 11.1 Å². The van der Waals surface area contributed by atoms with E-state index in [1.807, 2.05) is 0 Å². The van der Waals surface area contributed by atoms with E-state index in [1.54, 1.807) is 24.3 Å². The first-order valence-corrected chi connectivity index (χ1v) is 8.26. The quantitative estimate of drug-likeness (QED) is 0.853. The minimum atomic E-state index is -4.51. The summed E-state index contributed by atoms with van der Waals surface area (Å²) >= 11 is 0. The van der Waals surface area contributed by atoms with Gasteiger partial charge in [-0.3, -0.25) is 4.79 Å². The van der Waals surface area contributed by atoms with E-state index in [0.717, 1.165) is 10.7 Å². The highest BCUT2D eigenvalue weighted by atomic mass is 19.4. The third-order valence-electron chi connectivity index (χ3n) is 4.39. The molecule has 1 aliphatic rings. The zero-order chi connectivity index (χ0) is 19.6. The molecule has 1 aromatic carbocycles. The van der Waals surface area contributed by atoms with Crippen molar-refractivity contribution in [3.8, 4) is 5.69 Å². The fourth-order valence-electron chi connectivity index (χ4n) is 2.85. The number of carboxylic acid groups (broad SMARTS) is 1. The fraction of sp³-hybridized carbons (Fsp3) is 0.353. The number of rotatable bonds is 3. The van der Waals surface area contributed by atoms with E-state index >= 15 is 0 Å². The Balaban J connectivity index is 1.60. The lowest BCUT2D eigenvalue weighted by Gasteiger charge is -2.30. The van der Waals surface area contributed by atoms with Gasteiger partial charge >= 0.3 is 18.2 Å². The number of amides is 2. The van der Waals surface area contributed by atoms with Crippen LogP contribution in [0.15, 0.2) is 36.5 Å². The number of hydrogen-bond acceptors (Lipinski definition) is 3.